The second kappa shape index (κ2) is 5.89. The van der Waals surface area contributed by atoms with Gasteiger partial charge in [0.2, 0.25) is 0 Å². The van der Waals surface area contributed by atoms with Crippen molar-refractivity contribution in [3.8, 4) is 5.75 Å². The summed E-state index contributed by atoms with van der Waals surface area (Å²) in [4.78, 5) is 0. The molecule has 0 saturated heterocycles. The number of fused-ring (bicyclic) bond motifs is 2. The van der Waals surface area contributed by atoms with Crippen LogP contribution in [0.1, 0.15) is 29.3 Å². The number of aromatic nitrogens is 2. The van der Waals surface area contributed by atoms with Crippen molar-refractivity contribution in [2.24, 2.45) is 5.92 Å². The Kier molecular flexibility index (Phi) is 3.73. The SMILES string of the molecule is Cc1cc2n(n1)C[C@H](CN[C@@H]1CCOc3c(C)cccc31)CN2. The monoisotopic (exact) mass is 312 g/mol. The minimum absolute atomic E-state index is 0.388. The molecular weight excluding hydrogens is 288 g/mol. The van der Waals surface area contributed by atoms with Crippen LogP contribution < -0.4 is 15.4 Å². The van der Waals surface area contributed by atoms with E-state index in [1.54, 1.807) is 0 Å². The Morgan fingerprint density at radius 2 is 2.30 bits per heavy atom. The number of hydrogen-bond acceptors (Lipinski definition) is 4. The first-order valence-corrected chi connectivity index (χ1v) is 8.45. The quantitative estimate of drug-likeness (QED) is 0.915. The number of nitrogens with one attached hydrogen (secondary N) is 2. The first-order chi connectivity index (χ1) is 11.2. The average Bonchev–Trinajstić information content (AvgIpc) is 2.92. The van der Waals surface area contributed by atoms with E-state index in [-0.39, 0.29) is 0 Å². The first kappa shape index (κ1) is 14.6. The highest BCUT2D eigenvalue weighted by molar-refractivity contribution is 5.44. The third-order valence-electron chi connectivity index (χ3n) is 4.83. The molecule has 5 nitrogen and oxygen atoms in total. The average molecular weight is 312 g/mol. The van der Waals surface area contributed by atoms with E-state index in [2.05, 4.69) is 51.6 Å². The van der Waals surface area contributed by atoms with E-state index in [0.29, 0.717) is 12.0 Å². The predicted molar refractivity (Wildman–Crippen MR) is 91.0 cm³/mol. The lowest BCUT2D eigenvalue weighted by Crippen LogP contribution is -2.38. The maximum Gasteiger partial charge on any atom is 0.126 e. The van der Waals surface area contributed by atoms with Gasteiger partial charge in [-0.05, 0) is 19.4 Å². The Morgan fingerprint density at radius 3 is 3.22 bits per heavy atom. The van der Waals surface area contributed by atoms with E-state index in [0.717, 1.165) is 49.9 Å². The maximum atomic E-state index is 5.86. The van der Waals surface area contributed by atoms with Gasteiger partial charge in [0.05, 0.1) is 12.3 Å². The fraction of sp³-hybridized carbons (Fsp3) is 0.500. The lowest BCUT2D eigenvalue weighted by Gasteiger charge is -2.31. The van der Waals surface area contributed by atoms with E-state index < -0.39 is 0 Å². The lowest BCUT2D eigenvalue weighted by molar-refractivity contribution is 0.244. The van der Waals surface area contributed by atoms with E-state index in [4.69, 9.17) is 4.74 Å². The number of nitrogens with zero attached hydrogens (tertiary/aromatic N) is 2. The summed E-state index contributed by atoms with van der Waals surface area (Å²) in [5, 5.41) is 11.8. The van der Waals surface area contributed by atoms with Gasteiger partial charge >= 0.3 is 0 Å². The van der Waals surface area contributed by atoms with Gasteiger partial charge in [-0.2, -0.15) is 5.10 Å². The van der Waals surface area contributed by atoms with Crippen molar-refractivity contribution in [3.05, 3.63) is 41.1 Å². The Hall–Kier alpha value is -2.01. The minimum atomic E-state index is 0.388. The van der Waals surface area contributed by atoms with Crippen molar-refractivity contribution in [3.63, 3.8) is 0 Å². The molecular formula is C18H24N4O. The molecule has 4 rings (SSSR count). The van der Waals surface area contributed by atoms with Gasteiger partial charge in [0, 0.05) is 49.6 Å². The molecule has 0 bridgehead atoms. The van der Waals surface area contributed by atoms with Crippen LogP contribution in [0.2, 0.25) is 0 Å². The van der Waals surface area contributed by atoms with Gasteiger partial charge in [-0.1, -0.05) is 18.2 Å². The third-order valence-corrected chi connectivity index (χ3v) is 4.83. The molecule has 2 N–H and O–H groups in total. The molecule has 2 aliphatic heterocycles. The summed E-state index contributed by atoms with van der Waals surface area (Å²) in [6, 6.07) is 8.93. The second-order valence-corrected chi connectivity index (χ2v) is 6.69. The van der Waals surface area contributed by atoms with Crippen molar-refractivity contribution in [1.29, 1.82) is 0 Å². The Morgan fingerprint density at radius 1 is 1.39 bits per heavy atom. The number of rotatable bonds is 3. The van der Waals surface area contributed by atoms with Crippen molar-refractivity contribution in [1.82, 2.24) is 15.1 Å². The molecule has 0 spiro atoms. The zero-order valence-corrected chi connectivity index (χ0v) is 13.8. The summed E-state index contributed by atoms with van der Waals surface area (Å²) in [5.74, 6) is 2.77. The van der Waals surface area contributed by atoms with Crippen LogP contribution in [0.4, 0.5) is 5.82 Å². The molecule has 23 heavy (non-hydrogen) atoms. The molecule has 2 aromatic rings. The number of para-hydroxylation sites is 1. The van der Waals surface area contributed by atoms with Crippen LogP contribution in [0.3, 0.4) is 0 Å². The Labute approximate surface area is 137 Å². The summed E-state index contributed by atoms with van der Waals surface area (Å²) in [7, 11) is 0. The van der Waals surface area contributed by atoms with Crippen LogP contribution in [-0.4, -0.2) is 29.5 Å². The zero-order valence-electron chi connectivity index (χ0n) is 13.8. The van der Waals surface area contributed by atoms with Crippen molar-refractivity contribution < 1.29 is 4.74 Å². The molecule has 2 atom stereocenters. The Bertz CT molecular complexity index is 709. The molecule has 0 amide bonds. The third kappa shape index (κ3) is 2.81. The number of anilines is 1. The van der Waals surface area contributed by atoms with Gasteiger partial charge in [-0.3, -0.25) is 0 Å². The van der Waals surface area contributed by atoms with E-state index in [1.165, 1.54) is 11.1 Å². The van der Waals surface area contributed by atoms with Gasteiger partial charge in [-0.15, -0.1) is 0 Å². The fourth-order valence-electron chi connectivity index (χ4n) is 3.62. The maximum absolute atomic E-state index is 5.86. The van der Waals surface area contributed by atoms with Crippen LogP contribution in [0.15, 0.2) is 24.3 Å². The zero-order chi connectivity index (χ0) is 15.8. The molecule has 122 valence electrons. The molecule has 2 aliphatic rings. The topological polar surface area (TPSA) is 51.1 Å². The smallest absolute Gasteiger partial charge is 0.126 e. The highest BCUT2D eigenvalue weighted by Gasteiger charge is 2.25. The second-order valence-electron chi connectivity index (χ2n) is 6.69. The van der Waals surface area contributed by atoms with Gasteiger partial charge in [0.25, 0.3) is 0 Å². The molecule has 0 fully saturated rings. The van der Waals surface area contributed by atoms with Crippen molar-refractivity contribution >= 4 is 5.82 Å². The number of hydrogen-bond donors (Lipinski definition) is 2. The molecule has 3 heterocycles. The van der Waals surface area contributed by atoms with Crippen LogP contribution in [-0.2, 0) is 6.54 Å². The summed E-state index contributed by atoms with van der Waals surface area (Å²) in [6.45, 7) is 7.93. The van der Waals surface area contributed by atoms with Gasteiger partial charge < -0.3 is 15.4 Å². The Balaban J connectivity index is 1.42. The minimum Gasteiger partial charge on any atom is -0.493 e. The van der Waals surface area contributed by atoms with Crippen molar-refractivity contribution in [2.75, 3.05) is 25.0 Å². The van der Waals surface area contributed by atoms with Crippen LogP contribution >= 0.6 is 0 Å². The summed E-state index contributed by atoms with van der Waals surface area (Å²) in [5.41, 5.74) is 3.61. The number of aryl methyl sites for hydroxylation is 2. The molecule has 0 radical (unpaired) electrons. The summed E-state index contributed by atoms with van der Waals surface area (Å²) >= 11 is 0. The fourth-order valence-corrected chi connectivity index (χ4v) is 3.62. The largest absolute Gasteiger partial charge is 0.493 e. The van der Waals surface area contributed by atoms with Gasteiger partial charge in [0.15, 0.2) is 0 Å². The van der Waals surface area contributed by atoms with Crippen molar-refractivity contribution in [2.45, 2.75) is 32.9 Å². The van der Waals surface area contributed by atoms with Gasteiger partial charge in [0.1, 0.15) is 11.6 Å². The standard InChI is InChI=1S/C18H24N4O/c1-12-4-3-5-15-16(6-7-23-18(12)15)19-9-14-10-20-17-8-13(2)21-22(17)11-14/h3-5,8,14,16,19-20H,6-7,9-11H2,1-2H3/t14-,16-/m1/s1. The summed E-state index contributed by atoms with van der Waals surface area (Å²) in [6.07, 6.45) is 1.03. The van der Waals surface area contributed by atoms with Gasteiger partial charge in [-0.25, -0.2) is 4.68 Å². The molecule has 1 aromatic carbocycles. The van der Waals surface area contributed by atoms with E-state index in [1.807, 2.05) is 6.92 Å². The normalized spacial score (nSPS) is 22.7. The molecule has 0 saturated carbocycles. The van der Waals surface area contributed by atoms with Crippen LogP contribution in [0, 0.1) is 19.8 Å². The summed E-state index contributed by atoms with van der Waals surface area (Å²) < 4.78 is 7.95. The first-order valence-electron chi connectivity index (χ1n) is 8.45. The molecule has 0 unspecified atom stereocenters. The molecule has 0 aliphatic carbocycles. The number of ether oxygens (including phenoxy) is 1. The molecule has 1 aromatic heterocycles. The van der Waals surface area contributed by atoms with Crippen LogP contribution in [0.25, 0.3) is 0 Å². The van der Waals surface area contributed by atoms with E-state index >= 15 is 0 Å². The molecule has 5 heteroatoms. The lowest BCUT2D eigenvalue weighted by atomic mass is 9.97. The highest BCUT2D eigenvalue weighted by atomic mass is 16.5. The number of benzene rings is 1. The highest BCUT2D eigenvalue weighted by Crippen LogP contribution is 2.34. The van der Waals surface area contributed by atoms with Crippen LogP contribution in [0.5, 0.6) is 5.75 Å². The predicted octanol–water partition coefficient (Wildman–Crippen LogP) is 2.66. The van der Waals surface area contributed by atoms with E-state index in [9.17, 15) is 0 Å².